The Balaban J connectivity index is 2.44. The molecule has 1 saturated carbocycles. The third kappa shape index (κ3) is 5.30. The fraction of sp³-hybridized carbons (Fsp3) is 0.389. The number of carbonyl (C=O) groups is 2. The fourth-order valence-electron chi connectivity index (χ4n) is 2.78. The molecule has 1 aliphatic rings. The van der Waals surface area contributed by atoms with Crippen LogP contribution >= 0.6 is 0 Å². The van der Waals surface area contributed by atoms with Crippen LogP contribution in [0, 0.1) is 12.8 Å². The van der Waals surface area contributed by atoms with E-state index in [1.54, 1.807) is 0 Å². The normalized spacial score (nSPS) is 16.1. The van der Waals surface area contributed by atoms with Gasteiger partial charge in [0.2, 0.25) is 6.41 Å². The lowest BCUT2D eigenvalue weighted by Crippen LogP contribution is -2.32. The first-order chi connectivity index (χ1) is 13.8. The third-order valence-electron chi connectivity index (χ3n) is 4.35. The van der Waals surface area contributed by atoms with Gasteiger partial charge in [-0.15, -0.1) is 0 Å². The summed E-state index contributed by atoms with van der Waals surface area (Å²) < 4.78 is 77.4. The molecule has 164 valence electrons. The molecular weight excluding hydrogens is 418 g/mol. The molecule has 30 heavy (non-hydrogen) atoms. The number of aromatic nitrogens is 1. The number of carbonyl (C=O) groups excluding carboxylic acids is 2. The molecule has 0 bridgehead atoms. The standard InChI is InChI=1S/C18H18F6N4O2/c1-9-5-11(17(19,20)21)7-26-14(9)16(30)28(2)15(10-3-4-10)12(25)6-13(27-8-29)18(22,23)24/h5-8,10H,3-4,25H2,1-2H3,(H,27,29)/b13-6-,15-12-. The maximum Gasteiger partial charge on any atom is 0.431 e. The largest absolute Gasteiger partial charge is 0.431 e. The number of nitrogens with one attached hydrogen (secondary N) is 1. The zero-order valence-corrected chi connectivity index (χ0v) is 15.9. The summed E-state index contributed by atoms with van der Waals surface area (Å²) >= 11 is 0. The van der Waals surface area contributed by atoms with E-state index in [1.165, 1.54) is 19.3 Å². The van der Waals surface area contributed by atoms with E-state index in [9.17, 15) is 35.9 Å². The average Bonchev–Trinajstić information content (AvgIpc) is 3.44. The lowest BCUT2D eigenvalue weighted by molar-refractivity contribution is -0.137. The van der Waals surface area contributed by atoms with Gasteiger partial charge in [0.05, 0.1) is 11.3 Å². The molecule has 2 rings (SSSR count). The van der Waals surface area contributed by atoms with Crippen molar-refractivity contribution in [3.8, 4) is 0 Å². The molecule has 0 aromatic carbocycles. The zero-order valence-electron chi connectivity index (χ0n) is 15.9. The molecule has 0 aliphatic heterocycles. The van der Waals surface area contributed by atoms with Crippen molar-refractivity contribution in [2.75, 3.05) is 7.05 Å². The number of halogens is 6. The van der Waals surface area contributed by atoms with Crippen LogP contribution in [0.25, 0.3) is 0 Å². The molecule has 1 aromatic rings. The highest BCUT2D eigenvalue weighted by Crippen LogP contribution is 2.40. The summed E-state index contributed by atoms with van der Waals surface area (Å²) in [5.74, 6) is -1.13. The van der Waals surface area contributed by atoms with Crippen molar-refractivity contribution in [2.24, 2.45) is 11.7 Å². The summed E-state index contributed by atoms with van der Waals surface area (Å²) in [6.45, 7) is 1.27. The first-order valence-corrected chi connectivity index (χ1v) is 8.58. The van der Waals surface area contributed by atoms with Gasteiger partial charge in [-0.3, -0.25) is 14.6 Å². The van der Waals surface area contributed by atoms with Crippen LogP contribution in [-0.2, 0) is 11.0 Å². The monoisotopic (exact) mass is 436 g/mol. The molecule has 0 spiro atoms. The van der Waals surface area contributed by atoms with Gasteiger partial charge in [-0.1, -0.05) is 0 Å². The van der Waals surface area contributed by atoms with Crippen molar-refractivity contribution < 1.29 is 35.9 Å². The number of aryl methyl sites for hydroxylation is 1. The van der Waals surface area contributed by atoms with E-state index >= 15 is 0 Å². The van der Waals surface area contributed by atoms with Crippen LogP contribution < -0.4 is 11.1 Å². The molecule has 6 nitrogen and oxygen atoms in total. The first kappa shape index (κ1) is 23.2. The van der Waals surface area contributed by atoms with Crippen LogP contribution in [0.3, 0.4) is 0 Å². The number of rotatable bonds is 6. The number of nitrogens with zero attached hydrogens (tertiary/aromatic N) is 2. The summed E-state index contributed by atoms with van der Waals surface area (Å²) in [5.41, 5.74) is 2.68. The smallest absolute Gasteiger partial charge is 0.397 e. The van der Waals surface area contributed by atoms with Gasteiger partial charge in [0, 0.05) is 24.9 Å². The lowest BCUT2D eigenvalue weighted by atomic mass is 10.1. The Morgan fingerprint density at radius 3 is 2.30 bits per heavy atom. The van der Waals surface area contributed by atoms with Gasteiger partial charge in [0.25, 0.3) is 5.91 Å². The zero-order chi connectivity index (χ0) is 22.9. The average molecular weight is 436 g/mol. The van der Waals surface area contributed by atoms with E-state index in [4.69, 9.17) is 5.73 Å². The highest BCUT2D eigenvalue weighted by atomic mass is 19.4. The second-order valence-corrected chi connectivity index (χ2v) is 6.68. The highest BCUT2D eigenvalue weighted by Gasteiger charge is 2.37. The van der Waals surface area contributed by atoms with Gasteiger partial charge in [0.1, 0.15) is 11.4 Å². The number of alkyl halides is 6. The van der Waals surface area contributed by atoms with Crippen LogP contribution in [0.15, 0.2) is 35.4 Å². The lowest BCUT2D eigenvalue weighted by Gasteiger charge is -2.23. The summed E-state index contributed by atoms with van der Waals surface area (Å²) in [6.07, 6.45) is -7.57. The number of hydrogen-bond donors (Lipinski definition) is 2. The molecule has 1 fully saturated rings. The molecular formula is C18H18F6N4O2. The molecule has 3 N–H and O–H groups in total. The Kier molecular flexibility index (Phi) is 6.48. The molecule has 0 radical (unpaired) electrons. The number of allylic oxidation sites excluding steroid dienone is 3. The predicted molar refractivity (Wildman–Crippen MR) is 93.3 cm³/mol. The van der Waals surface area contributed by atoms with Gasteiger partial charge < -0.3 is 16.0 Å². The fourth-order valence-corrected chi connectivity index (χ4v) is 2.78. The summed E-state index contributed by atoms with van der Waals surface area (Å²) in [5, 5.41) is 1.52. The van der Waals surface area contributed by atoms with Gasteiger partial charge in [-0.05, 0) is 37.5 Å². The van der Waals surface area contributed by atoms with E-state index in [2.05, 4.69) is 4.98 Å². The first-order valence-electron chi connectivity index (χ1n) is 8.58. The van der Waals surface area contributed by atoms with Gasteiger partial charge in [-0.25, -0.2) is 0 Å². The number of nitrogens with two attached hydrogens (primary N) is 1. The Bertz CT molecular complexity index is 901. The highest BCUT2D eigenvalue weighted by molar-refractivity contribution is 5.94. The maximum absolute atomic E-state index is 13.0. The van der Waals surface area contributed by atoms with Crippen LogP contribution in [0.5, 0.6) is 0 Å². The number of amides is 2. The Morgan fingerprint density at radius 1 is 1.27 bits per heavy atom. The van der Waals surface area contributed by atoms with E-state index < -0.39 is 35.2 Å². The van der Waals surface area contributed by atoms with Crippen molar-refractivity contribution in [1.29, 1.82) is 0 Å². The number of hydrogen-bond acceptors (Lipinski definition) is 4. The van der Waals surface area contributed by atoms with Crippen LogP contribution in [-0.4, -0.2) is 35.4 Å². The van der Waals surface area contributed by atoms with Crippen molar-refractivity contribution in [3.05, 3.63) is 52.3 Å². The van der Waals surface area contributed by atoms with Crippen molar-refractivity contribution in [2.45, 2.75) is 32.1 Å². The van der Waals surface area contributed by atoms with Crippen molar-refractivity contribution in [1.82, 2.24) is 15.2 Å². The van der Waals surface area contributed by atoms with Gasteiger partial charge >= 0.3 is 12.4 Å². The van der Waals surface area contributed by atoms with E-state index in [0.29, 0.717) is 25.1 Å². The Labute approximate surface area is 167 Å². The topological polar surface area (TPSA) is 88.3 Å². The van der Waals surface area contributed by atoms with Crippen LogP contribution in [0.4, 0.5) is 26.3 Å². The summed E-state index contributed by atoms with van der Waals surface area (Å²) in [7, 11) is 1.25. The van der Waals surface area contributed by atoms with Gasteiger partial charge in [0.15, 0.2) is 0 Å². The minimum absolute atomic E-state index is 0.0514. The Morgan fingerprint density at radius 2 is 1.87 bits per heavy atom. The second kappa shape index (κ2) is 8.36. The van der Waals surface area contributed by atoms with Crippen LogP contribution in [0.1, 0.15) is 34.5 Å². The molecule has 2 amide bonds. The maximum atomic E-state index is 13.0. The minimum Gasteiger partial charge on any atom is -0.397 e. The Hall–Kier alpha value is -3.05. The van der Waals surface area contributed by atoms with Crippen LogP contribution in [0.2, 0.25) is 0 Å². The molecule has 0 saturated heterocycles. The van der Waals surface area contributed by atoms with E-state index in [-0.39, 0.29) is 29.3 Å². The van der Waals surface area contributed by atoms with Crippen molar-refractivity contribution in [3.63, 3.8) is 0 Å². The molecule has 1 aliphatic carbocycles. The van der Waals surface area contributed by atoms with E-state index in [1.807, 2.05) is 0 Å². The number of pyridine rings is 1. The SMILES string of the molecule is Cc1cc(C(F)(F)F)cnc1C(=O)N(C)/C(=C(N)/C=C(\NC=O)C(F)(F)F)C1CC1. The molecule has 12 heteroatoms. The third-order valence-corrected chi connectivity index (χ3v) is 4.35. The second-order valence-electron chi connectivity index (χ2n) is 6.68. The molecule has 0 atom stereocenters. The van der Waals surface area contributed by atoms with Gasteiger partial charge in [-0.2, -0.15) is 26.3 Å². The van der Waals surface area contributed by atoms with Crippen molar-refractivity contribution >= 4 is 12.3 Å². The molecule has 1 heterocycles. The minimum atomic E-state index is -4.89. The predicted octanol–water partition coefficient (Wildman–Crippen LogP) is 3.25. The summed E-state index contributed by atoms with van der Waals surface area (Å²) in [6, 6.07) is 0.758. The molecule has 1 aromatic heterocycles. The quantitative estimate of drug-likeness (QED) is 0.407. The summed E-state index contributed by atoms with van der Waals surface area (Å²) in [4.78, 5) is 27.8. The molecule has 0 unspecified atom stereocenters. The van der Waals surface area contributed by atoms with E-state index in [0.717, 1.165) is 11.0 Å².